The van der Waals surface area contributed by atoms with E-state index >= 15 is 0 Å². The molecular formula is C12H23NO2. The summed E-state index contributed by atoms with van der Waals surface area (Å²) in [5.41, 5.74) is 0.166. The number of carbonyl (C=O) groups excluding carboxylic acids is 1. The van der Waals surface area contributed by atoms with Crippen molar-refractivity contribution in [2.24, 2.45) is 0 Å². The Bertz CT molecular complexity index is 222. The highest BCUT2D eigenvalue weighted by Crippen LogP contribution is 2.15. The Morgan fingerprint density at radius 1 is 1.40 bits per heavy atom. The second kappa shape index (κ2) is 6.62. The normalized spacial score (nSPS) is 12.4. The maximum absolute atomic E-state index is 11.0. The van der Waals surface area contributed by atoms with Crippen LogP contribution in [-0.2, 0) is 9.53 Å². The fraction of sp³-hybridized carbons (Fsp3) is 0.750. The van der Waals surface area contributed by atoms with Crippen molar-refractivity contribution < 1.29 is 9.53 Å². The van der Waals surface area contributed by atoms with Gasteiger partial charge < -0.3 is 4.74 Å². The molecular weight excluding hydrogens is 190 g/mol. The standard InChI is InChI=1S/C12H23NO2/c1-6-12(3,4)13(5)10-8-9-11(14)15-7-2/h8-9H,6-7,10H2,1-5H3/b9-8+. The van der Waals surface area contributed by atoms with Gasteiger partial charge >= 0.3 is 5.97 Å². The van der Waals surface area contributed by atoms with Crippen LogP contribution in [-0.4, -0.2) is 36.6 Å². The van der Waals surface area contributed by atoms with Crippen molar-refractivity contribution in [3.8, 4) is 0 Å². The zero-order chi connectivity index (χ0) is 11.9. The number of rotatable bonds is 6. The lowest BCUT2D eigenvalue weighted by Gasteiger charge is -2.33. The smallest absolute Gasteiger partial charge is 0.330 e. The fourth-order valence-corrected chi connectivity index (χ4v) is 1.01. The van der Waals surface area contributed by atoms with Gasteiger partial charge in [0, 0.05) is 18.2 Å². The van der Waals surface area contributed by atoms with Crippen LogP contribution in [0, 0.1) is 0 Å². The highest BCUT2D eigenvalue weighted by Gasteiger charge is 2.19. The van der Waals surface area contributed by atoms with E-state index < -0.39 is 0 Å². The van der Waals surface area contributed by atoms with E-state index in [-0.39, 0.29) is 11.5 Å². The summed E-state index contributed by atoms with van der Waals surface area (Å²) in [4.78, 5) is 13.2. The molecule has 0 rings (SSSR count). The van der Waals surface area contributed by atoms with E-state index in [9.17, 15) is 4.79 Å². The van der Waals surface area contributed by atoms with Gasteiger partial charge in [-0.3, -0.25) is 4.90 Å². The van der Waals surface area contributed by atoms with E-state index in [0.717, 1.165) is 13.0 Å². The van der Waals surface area contributed by atoms with Crippen LogP contribution < -0.4 is 0 Å². The first-order valence-corrected chi connectivity index (χ1v) is 5.48. The van der Waals surface area contributed by atoms with Gasteiger partial charge in [-0.05, 0) is 34.2 Å². The molecule has 0 aliphatic carbocycles. The molecule has 3 nitrogen and oxygen atoms in total. The highest BCUT2D eigenvalue weighted by atomic mass is 16.5. The van der Waals surface area contributed by atoms with Gasteiger partial charge in [0.2, 0.25) is 0 Å². The molecule has 0 aliphatic rings. The van der Waals surface area contributed by atoms with E-state index in [1.54, 1.807) is 6.92 Å². The summed E-state index contributed by atoms with van der Waals surface area (Å²) < 4.78 is 4.79. The molecule has 0 radical (unpaired) electrons. The average molecular weight is 213 g/mol. The van der Waals surface area contributed by atoms with Gasteiger partial charge in [0.1, 0.15) is 0 Å². The van der Waals surface area contributed by atoms with Crippen LogP contribution in [0.15, 0.2) is 12.2 Å². The predicted octanol–water partition coefficient (Wildman–Crippen LogP) is 2.23. The molecule has 0 atom stereocenters. The summed E-state index contributed by atoms with van der Waals surface area (Å²) >= 11 is 0. The summed E-state index contributed by atoms with van der Waals surface area (Å²) in [7, 11) is 2.05. The van der Waals surface area contributed by atoms with E-state index in [4.69, 9.17) is 4.74 Å². The molecule has 0 unspecified atom stereocenters. The quantitative estimate of drug-likeness (QED) is 0.500. The molecule has 0 spiro atoms. The van der Waals surface area contributed by atoms with Crippen molar-refractivity contribution >= 4 is 5.97 Å². The summed E-state index contributed by atoms with van der Waals surface area (Å²) in [6.07, 6.45) is 4.41. The minimum atomic E-state index is -0.264. The monoisotopic (exact) mass is 213 g/mol. The zero-order valence-electron chi connectivity index (χ0n) is 10.5. The van der Waals surface area contributed by atoms with Crippen LogP contribution >= 0.6 is 0 Å². The Hall–Kier alpha value is -0.830. The molecule has 0 fully saturated rings. The number of ether oxygens (including phenoxy) is 1. The second-order valence-corrected chi connectivity index (χ2v) is 4.20. The first-order chi connectivity index (χ1) is 6.94. The summed E-state index contributed by atoms with van der Waals surface area (Å²) in [6.45, 7) is 9.53. The molecule has 0 heterocycles. The van der Waals surface area contributed by atoms with Crippen LogP contribution in [0.25, 0.3) is 0 Å². The predicted molar refractivity (Wildman–Crippen MR) is 62.8 cm³/mol. The van der Waals surface area contributed by atoms with Crippen LogP contribution in [0.2, 0.25) is 0 Å². The number of hydrogen-bond acceptors (Lipinski definition) is 3. The number of carbonyl (C=O) groups is 1. The van der Waals surface area contributed by atoms with Gasteiger partial charge in [0.15, 0.2) is 0 Å². The largest absolute Gasteiger partial charge is 0.463 e. The van der Waals surface area contributed by atoms with E-state index in [1.165, 1.54) is 6.08 Å². The number of likely N-dealkylation sites (N-methyl/N-ethyl adjacent to an activating group) is 1. The number of nitrogens with zero attached hydrogens (tertiary/aromatic N) is 1. The molecule has 0 aromatic rings. The third-order valence-corrected chi connectivity index (χ3v) is 2.82. The molecule has 0 bridgehead atoms. The molecule has 0 N–H and O–H groups in total. The average Bonchev–Trinajstić information content (AvgIpc) is 2.18. The SMILES string of the molecule is CCOC(=O)/C=C/CN(C)C(C)(C)CC. The lowest BCUT2D eigenvalue weighted by Crippen LogP contribution is -2.40. The van der Waals surface area contributed by atoms with Gasteiger partial charge in [-0.1, -0.05) is 13.0 Å². The Labute approximate surface area is 93.1 Å². The van der Waals surface area contributed by atoms with E-state index in [2.05, 4.69) is 32.7 Å². The summed E-state index contributed by atoms with van der Waals surface area (Å²) in [5, 5.41) is 0. The molecule has 0 saturated heterocycles. The van der Waals surface area contributed by atoms with Crippen molar-refractivity contribution in [2.45, 2.75) is 39.7 Å². The molecule has 0 aromatic carbocycles. The zero-order valence-corrected chi connectivity index (χ0v) is 10.5. The van der Waals surface area contributed by atoms with Crippen molar-refractivity contribution in [3.05, 3.63) is 12.2 Å². The first kappa shape index (κ1) is 14.2. The van der Waals surface area contributed by atoms with Gasteiger partial charge in [-0.25, -0.2) is 4.79 Å². The molecule has 0 aromatic heterocycles. The van der Waals surface area contributed by atoms with E-state index in [1.807, 2.05) is 6.08 Å². The maximum atomic E-state index is 11.0. The van der Waals surface area contributed by atoms with Gasteiger partial charge in [0.05, 0.1) is 6.61 Å². The molecule has 15 heavy (non-hydrogen) atoms. The van der Waals surface area contributed by atoms with E-state index in [0.29, 0.717) is 6.61 Å². The minimum absolute atomic E-state index is 0.166. The fourth-order valence-electron chi connectivity index (χ4n) is 1.01. The van der Waals surface area contributed by atoms with Crippen LogP contribution in [0.4, 0.5) is 0 Å². The molecule has 3 heteroatoms. The molecule has 0 saturated carbocycles. The Kier molecular flexibility index (Phi) is 6.25. The number of esters is 1. The third kappa shape index (κ3) is 5.57. The molecule has 0 amide bonds. The van der Waals surface area contributed by atoms with Crippen molar-refractivity contribution in [2.75, 3.05) is 20.2 Å². The lowest BCUT2D eigenvalue weighted by molar-refractivity contribution is -0.137. The lowest BCUT2D eigenvalue weighted by atomic mass is 10.0. The minimum Gasteiger partial charge on any atom is -0.463 e. The van der Waals surface area contributed by atoms with Gasteiger partial charge in [-0.15, -0.1) is 0 Å². The number of hydrogen-bond donors (Lipinski definition) is 0. The van der Waals surface area contributed by atoms with Crippen LogP contribution in [0.3, 0.4) is 0 Å². The second-order valence-electron chi connectivity index (χ2n) is 4.20. The Balaban J connectivity index is 4.00. The Morgan fingerprint density at radius 3 is 2.47 bits per heavy atom. The van der Waals surface area contributed by atoms with Crippen LogP contribution in [0.5, 0.6) is 0 Å². The van der Waals surface area contributed by atoms with Crippen molar-refractivity contribution in [3.63, 3.8) is 0 Å². The molecule has 88 valence electrons. The Morgan fingerprint density at radius 2 is 2.00 bits per heavy atom. The maximum Gasteiger partial charge on any atom is 0.330 e. The molecule has 0 aliphatic heterocycles. The highest BCUT2D eigenvalue weighted by molar-refractivity contribution is 5.81. The van der Waals surface area contributed by atoms with Crippen molar-refractivity contribution in [1.29, 1.82) is 0 Å². The van der Waals surface area contributed by atoms with Gasteiger partial charge in [-0.2, -0.15) is 0 Å². The third-order valence-electron chi connectivity index (χ3n) is 2.82. The summed E-state index contributed by atoms with van der Waals surface area (Å²) in [6, 6.07) is 0. The summed E-state index contributed by atoms with van der Waals surface area (Å²) in [5.74, 6) is -0.264. The topological polar surface area (TPSA) is 29.5 Å². The first-order valence-electron chi connectivity index (χ1n) is 5.48. The van der Waals surface area contributed by atoms with Crippen LogP contribution in [0.1, 0.15) is 34.1 Å². The van der Waals surface area contributed by atoms with Gasteiger partial charge in [0.25, 0.3) is 0 Å². The van der Waals surface area contributed by atoms with Crippen molar-refractivity contribution in [1.82, 2.24) is 4.90 Å².